The van der Waals surface area contributed by atoms with Crippen molar-refractivity contribution >= 4 is 24.0 Å². The average molecular weight is 223 g/mol. The van der Waals surface area contributed by atoms with Gasteiger partial charge >= 0.3 is 5.69 Å². The van der Waals surface area contributed by atoms with E-state index in [1.807, 2.05) is 0 Å². The maximum Gasteiger partial charge on any atom is 0.305 e. The molecule has 0 radical (unpaired) electrons. The summed E-state index contributed by atoms with van der Waals surface area (Å²) >= 11 is 0. The van der Waals surface area contributed by atoms with Crippen LogP contribution in [0.4, 0.5) is 15.8 Å². The number of carbonyl (C=O) groups is 1. The fourth-order valence-corrected chi connectivity index (χ4v) is 1.46. The molecule has 0 bridgehead atoms. The van der Waals surface area contributed by atoms with Gasteiger partial charge in [0.2, 0.25) is 5.82 Å². The van der Waals surface area contributed by atoms with Crippen molar-refractivity contribution in [3.63, 3.8) is 0 Å². The van der Waals surface area contributed by atoms with Crippen LogP contribution in [0, 0.1) is 15.9 Å². The van der Waals surface area contributed by atoms with Crippen LogP contribution in [0.5, 0.6) is 0 Å². The first-order valence-electron chi connectivity index (χ1n) is 4.35. The Kier molecular flexibility index (Phi) is 2.35. The van der Waals surface area contributed by atoms with Crippen molar-refractivity contribution in [3.8, 4) is 0 Å². The second-order valence-corrected chi connectivity index (χ2v) is 3.15. The third-order valence-corrected chi connectivity index (χ3v) is 2.22. The van der Waals surface area contributed by atoms with Gasteiger partial charge in [-0.05, 0) is 0 Å². The molecule has 1 aromatic carbocycles. The number of carbonyl (C=O) groups excluding carboxylic acids is 1. The van der Waals surface area contributed by atoms with Crippen LogP contribution in [0.1, 0.15) is 11.6 Å². The minimum Gasteiger partial charge on any atom is -0.346 e. The van der Waals surface area contributed by atoms with E-state index in [1.54, 1.807) is 0 Å². The van der Waals surface area contributed by atoms with Crippen molar-refractivity contribution in [1.29, 1.82) is 0 Å². The highest BCUT2D eigenvalue weighted by molar-refractivity contribution is 5.85. The van der Waals surface area contributed by atoms with E-state index in [0.717, 1.165) is 12.1 Å². The van der Waals surface area contributed by atoms with Crippen LogP contribution in [0.15, 0.2) is 17.1 Å². The number of rotatable bonds is 2. The Balaban J connectivity index is 2.59. The van der Waals surface area contributed by atoms with Crippen LogP contribution in [0.2, 0.25) is 0 Å². The fourth-order valence-electron chi connectivity index (χ4n) is 1.46. The molecule has 1 aromatic rings. The van der Waals surface area contributed by atoms with Gasteiger partial charge in [-0.25, -0.2) is 0 Å². The standard InChI is InChI=1S/C9H6FN3O3/c10-6-2-7-5(1-9(6)13(15)16)8(3-14)12-4-11-7/h1-4,8H,(H,11,12). The molecule has 0 saturated carbocycles. The number of anilines is 1. The van der Waals surface area contributed by atoms with Gasteiger partial charge in [0.25, 0.3) is 0 Å². The zero-order chi connectivity index (χ0) is 11.7. The number of hydrogen-bond donors (Lipinski definition) is 1. The number of fused-ring (bicyclic) bond motifs is 1. The van der Waals surface area contributed by atoms with E-state index >= 15 is 0 Å². The van der Waals surface area contributed by atoms with Gasteiger partial charge in [-0.1, -0.05) is 0 Å². The van der Waals surface area contributed by atoms with E-state index in [0.29, 0.717) is 17.5 Å². The maximum absolute atomic E-state index is 13.2. The summed E-state index contributed by atoms with van der Waals surface area (Å²) in [6, 6.07) is 1.18. The monoisotopic (exact) mass is 223 g/mol. The topological polar surface area (TPSA) is 84.6 Å². The normalized spacial score (nSPS) is 17.4. The van der Waals surface area contributed by atoms with Gasteiger partial charge in [-0.2, -0.15) is 4.39 Å². The first kappa shape index (κ1) is 10.2. The summed E-state index contributed by atoms with van der Waals surface area (Å²) in [6.45, 7) is 0. The van der Waals surface area contributed by atoms with Gasteiger partial charge in [0.1, 0.15) is 12.3 Å². The summed E-state index contributed by atoms with van der Waals surface area (Å²) < 4.78 is 13.2. The number of nitro benzene ring substituents is 1. The smallest absolute Gasteiger partial charge is 0.305 e. The minimum atomic E-state index is -0.948. The van der Waals surface area contributed by atoms with E-state index in [4.69, 9.17) is 0 Å². The molecule has 7 heteroatoms. The van der Waals surface area contributed by atoms with E-state index in [2.05, 4.69) is 10.3 Å². The Morgan fingerprint density at radius 3 is 2.94 bits per heavy atom. The highest BCUT2D eigenvalue weighted by Gasteiger charge is 2.24. The maximum atomic E-state index is 13.2. The Bertz CT molecular complexity index is 501. The van der Waals surface area contributed by atoms with Crippen molar-refractivity contribution in [2.75, 3.05) is 5.32 Å². The summed E-state index contributed by atoms with van der Waals surface area (Å²) in [6.07, 6.45) is 1.80. The Morgan fingerprint density at radius 2 is 2.31 bits per heavy atom. The van der Waals surface area contributed by atoms with Crippen LogP contribution in [-0.4, -0.2) is 17.5 Å². The van der Waals surface area contributed by atoms with Crippen molar-refractivity contribution in [1.82, 2.24) is 0 Å². The number of nitro groups is 1. The van der Waals surface area contributed by atoms with Crippen LogP contribution in [0.25, 0.3) is 0 Å². The van der Waals surface area contributed by atoms with Gasteiger partial charge in [-0.3, -0.25) is 15.1 Å². The molecule has 0 fully saturated rings. The van der Waals surface area contributed by atoms with Gasteiger partial charge in [0.15, 0.2) is 0 Å². The zero-order valence-electron chi connectivity index (χ0n) is 7.88. The summed E-state index contributed by atoms with van der Waals surface area (Å²) in [5, 5.41) is 13.1. The number of hydrogen-bond acceptors (Lipinski definition) is 5. The molecule has 82 valence electrons. The molecule has 1 atom stereocenters. The summed E-state index contributed by atoms with van der Waals surface area (Å²) in [5.41, 5.74) is -0.0506. The number of nitrogens with zero attached hydrogens (tertiary/aromatic N) is 2. The molecule has 0 aromatic heterocycles. The first-order valence-corrected chi connectivity index (χ1v) is 4.35. The molecule has 1 aliphatic rings. The third-order valence-electron chi connectivity index (χ3n) is 2.22. The summed E-state index contributed by atoms with van der Waals surface area (Å²) in [4.78, 5) is 24.1. The molecule has 6 nitrogen and oxygen atoms in total. The van der Waals surface area contributed by atoms with E-state index < -0.39 is 22.5 Å². The zero-order valence-corrected chi connectivity index (χ0v) is 7.88. The molecule has 0 aliphatic carbocycles. The Labute approximate surface area is 88.9 Å². The molecule has 0 spiro atoms. The predicted molar refractivity (Wildman–Crippen MR) is 54.0 cm³/mol. The van der Waals surface area contributed by atoms with Crippen LogP contribution in [0.3, 0.4) is 0 Å². The van der Waals surface area contributed by atoms with Crippen LogP contribution >= 0.6 is 0 Å². The van der Waals surface area contributed by atoms with E-state index in [9.17, 15) is 19.3 Å². The van der Waals surface area contributed by atoms with E-state index in [-0.39, 0.29) is 0 Å². The highest BCUT2D eigenvalue weighted by Crippen LogP contribution is 2.32. The molecule has 0 saturated heterocycles. The summed E-state index contributed by atoms with van der Waals surface area (Å²) in [5.74, 6) is -0.948. The predicted octanol–water partition coefficient (Wildman–Crippen LogP) is 1.43. The van der Waals surface area contributed by atoms with Gasteiger partial charge in [0.05, 0.1) is 11.3 Å². The quantitative estimate of drug-likeness (QED) is 0.467. The van der Waals surface area contributed by atoms with Crippen LogP contribution < -0.4 is 5.32 Å². The second kappa shape index (κ2) is 3.69. The molecule has 1 aliphatic heterocycles. The van der Waals surface area contributed by atoms with E-state index in [1.165, 1.54) is 6.34 Å². The number of halogens is 1. The van der Waals surface area contributed by atoms with Crippen molar-refractivity contribution in [2.24, 2.45) is 4.99 Å². The molecule has 16 heavy (non-hydrogen) atoms. The molecular formula is C9H6FN3O3. The number of aliphatic imine (C=N–C) groups is 1. The van der Waals surface area contributed by atoms with Gasteiger partial charge in [-0.15, -0.1) is 0 Å². The first-order chi connectivity index (χ1) is 7.63. The van der Waals surface area contributed by atoms with Crippen molar-refractivity contribution in [2.45, 2.75) is 6.04 Å². The molecule has 2 rings (SSSR count). The van der Waals surface area contributed by atoms with Crippen molar-refractivity contribution in [3.05, 3.63) is 33.6 Å². The van der Waals surface area contributed by atoms with Gasteiger partial charge < -0.3 is 10.1 Å². The number of benzene rings is 1. The SMILES string of the molecule is O=CC1N=CNc2cc(F)c([N+](=O)[O-])cc21. The lowest BCUT2D eigenvalue weighted by atomic mass is 10.0. The molecule has 1 N–H and O–H groups in total. The second-order valence-electron chi connectivity index (χ2n) is 3.15. The van der Waals surface area contributed by atoms with Gasteiger partial charge in [0, 0.05) is 23.4 Å². The molecule has 1 unspecified atom stereocenters. The summed E-state index contributed by atoms with van der Waals surface area (Å²) in [7, 11) is 0. The Morgan fingerprint density at radius 1 is 1.56 bits per heavy atom. The fraction of sp³-hybridized carbons (Fsp3) is 0.111. The lowest BCUT2D eigenvalue weighted by Crippen LogP contribution is -2.12. The largest absolute Gasteiger partial charge is 0.346 e. The number of aldehydes is 1. The number of nitrogens with one attached hydrogen (secondary N) is 1. The lowest BCUT2D eigenvalue weighted by molar-refractivity contribution is -0.387. The highest BCUT2D eigenvalue weighted by atomic mass is 19.1. The van der Waals surface area contributed by atoms with Crippen LogP contribution in [-0.2, 0) is 4.79 Å². The molecule has 1 heterocycles. The molecular weight excluding hydrogens is 217 g/mol. The minimum absolute atomic E-state index is 0.297. The third kappa shape index (κ3) is 1.52. The Hall–Kier alpha value is -2.31. The lowest BCUT2D eigenvalue weighted by Gasteiger charge is -2.16. The van der Waals surface area contributed by atoms with Crippen molar-refractivity contribution < 1.29 is 14.1 Å². The molecule has 0 amide bonds. The average Bonchev–Trinajstić information content (AvgIpc) is 2.26.